The first-order valence-corrected chi connectivity index (χ1v) is 9.67. The van der Waals surface area contributed by atoms with E-state index in [1.54, 1.807) is 51.1 Å². The number of hydrogen-bond donors (Lipinski definition) is 2. The van der Waals surface area contributed by atoms with Crippen LogP contribution in [0.4, 0.5) is 11.4 Å². The van der Waals surface area contributed by atoms with E-state index < -0.39 is 35.4 Å². The largest absolute Gasteiger partial charge is 0.454 e. The maximum atomic E-state index is 12.5. The number of nitro benzene ring substituents is 1. The maximum Gasteiger partial charge on any atom is 0.329 e. The number of amides is 2. The first kappa shape index (κ1) is 23.5. The zero-order valence-electron chi connectivity index (χ0n) is 17.8. The standard InChI is InChI=1S/C22H25N3O6/c1-13(2)20(24-21(27)16-8-5-14(3)6-9-16)22(28)31-12-19(26)23-17-10-7-15(4)11-18(17)25(29)30/h5-11,13,20H,12H2,1-4H3,(H,23,26)(H,24,27)/t20-/m0/s1. The zero-order valence-corrected chi connectivity index (χ0v) is 17.8. The average molecular weight is 427 g/mol. The molecule has 0 bridgehead atoms. The second kappa shape index (κ2) is 10.3. The molecular formula is C22H25N3O6. The third-order valence-corrected chi connectivity index (χ3v) is 4.49. The van der Waals surface area contributed by atoms with E-state index in [2.05, 4.69) is 10.6 Å². The number of carbonyl (C=O) groups is 3. The average Bonchev–Trinajstić information content (AvgIpc) is 2.71. The van der Waals surface area contributed by atoms with Crippen molar-refractivity contribution in [2.24, 2.45) is 5.92 Å². The van der Waals surface area contributed by atoms with Crippen LogP contribution in [0.15, 0.2) is 42.5 Å². The number of hydrogen-bond acceptors (Lipinski definition) is 6. The van der Waals surface area contributed by atoms with Crippen LogP contribution in [0.3, 0.4) is 0 Å². The lowest BCUT2D eigenvalue weighted by atomic mass is 10.0. The number of nitrogens with zero attached hydrogens (tertiary/aromatic N) is 1. The number of carbonyl (C=O) groups excluding carboxylic acids is 3. The molecule has 9 heteroatoms. The minimum atomic E-state index is -0.963. The molecule has 9 nitrogen and oxygen atoms in total. The van der Waals surface area contributed by atoms with Gasteiger partial charge in [0.2, 0.25) is 0 Å². The Kier molecular flexibility index (Phi) is 7.84. The fourth-order valence-corrected chi connectivity index (χ4v) is 2.74. The van der Waals surface area contributed by atoms with E-state index in [1.807, 2.05) is 6.92 Å². The Morgan fingerprint density at radius 3 is 2.23 bits per heavy atom. The van der Waals surface area contributed by atoms with Gasteiger partial charge in [-0.15, -0.1) is 0 Å². The van der Waals surface area contributed by atoms with E-state index in [0.717, 1.165) is 5.56 Å². The number of ether oxygens (including phenoxy) is 1. The number of anilines is 1. The monoisotopic (exact) mass is 427 g/mol. The molecule has 0 aliphatic heterocycles. The summed E-state index contributed by atoms with van der Waals surface area (Å²) >= 11 is 0. The van der Waals surface area contributed by atoms with Gasteiger partial charge in [0.15, 0.2) is 6.61 Å². The molecule has 1 atom stereocenters. The van der Waals surface area contributed by atoms with Gasteiger partial charge in [0.1, 0.15) is 11.7 Å². The number of benzene rings is 2. The Morgan fingerprint density at radius 1 is 1.03 bits per heavy atom. The normalized spacial score (nSPS) is 11.5. The summed E-state index contributed by atoms with van der Waals surface area (Å²) in [6.07, 6.45) is 0. The van der Waals surface area contributed by atoms with Crippen molar-refractivity contribution in [3.63, 3.8) is 0 Å². The van der Waals surface area contributed by atoms with Crippen LogP contribution in [0.25, 0.3) is 0 Å². The van der Waals surface area contributed by atoms with Crippen molar-refractivity contribution < 1.29 is 24.0 Å². The summed E-state index contributed by atoms with van der Waals surface area (Å²) in [4.78, 5) is 47.6. The number of rotatable bonds is 8. The summed E-state index contributed by atoms with van der Waals surface area (Å²) in [5.74, 6) is -2.23. The quantitative estimate of drug-likeness (QED) is 0.378. The third kappa shape index (κ3) is 6.63. The molecule has 0 heterocycles. The fourth-order valence-electron chi connectivity index (χ4n) is 2.74. The highest BCUT2D eigenvalue weighted by Gasteiger charge is 2.27. The lowest BCUT2D eigenvalue weighted by Gasteiger charge is -2.20. The lowest BCUT2D eigenvalue weighted by Crippen LogP contribution is -2.45. The lowest BCUT2D eigenvalue weighted by molar-refractivity contribution is -0.384. The van der Waals surface area contributed by atoms with E-state index in [-0.39, 0.29) is 17.3 Å². The minimum Gasteiger partial charge on any atom is -0.454 e. The van der Waals surface area contributed by atoms with E-state index >= 15 is 0 Å². The van der Waals surface area contributed by atoms with Crippen LogP contribution < -0.4 is 10.6 Å². The molecule has 0 saturated carbocycles. The van der Waals surface area contributed by atoms with Gasteiger partial charge in [-0.3, -0.25) is 19.7 Å². The predicted molar refractivity (Wildman–Crippen MR) is 115 cm³/mol. The van der Waals surface area contributed by atoms with E-state index in [0.29, 0.717) is 11.1 Å². The Hall–Kier alpha value is -3.75. The van der Waals surface area contributed by atoms with Crippen LogP contribution in [-0.2, 0) is 14.3 Å². The number of esters is 1. The molecule has 0 aromatic heterocycles. The Labute approximate surface area is 179 Å². The zero-order chi connectivity index (χ0) is 23.1. The molecule has 164 valence electrons. The molecule has 2 amide bonds. The van der Waals surface area contributed by atoms with Gasteiger partial charge in [-0.2, -0.15) is 0 Å². The molecule has 31 heavy (non-hydrogen) atoms. The maximum absolute atomic E-state index is 12.5. The van der Waals surface area contributed by atoms with Gasteiger partial charge < -0.3 is 15.4 Å². The van der Waals surface area contributed by atoms with Gasteiger partial charge >= 0.3 is 5.97 Å². The van der Waals surface area contributed by atoms with Crippen molar-refractivity contribution >= 4 is 29.2 Å². The van der Waals surface area contributed by atoms with Crippen molar-refractivity contribution in [1.82, 2.24) is 5.32 Å². The van der Waals surface area contributed by atoms with Gasteiger partial charge in [-0.1, -0.05) is 37.6 Å². The van der Waals surface area contributed by atoms with Gasteiger partial charge in [0.25, 0.3) is 17.5 Å². The van der Waals surface area contributed by atoms with Crippen molar-refractivity contribution in [1.29, 1.82) is 0 Å². The predicted octanol–water partition coefficient (Wildman–Crippen LogP) is 3.15. The molecule has 0 fully saturated rings. The molecule has 2 aromatic rings. The molecule has 2 aromatic carbocycles. The van der Waals surface area contributed by atoms with E-state index in [9.17, 15) is 24.5 Å². The van der Waals surface area contributed by atoms with E-state index in [1.165, 1.54) is 12.1 Å². The van der Waals surface area contributed by atoms with Crippen LogP contribution >= 0.6 is 0 Å². The van der Waals surface area contributed by atoms with E-state index in [4.69, 9.17) is 4.74 Å². The summed E-state index contributed by atoms with van der Waals surface area (Å²) in [6, 6.07) is 10.3. The highest BCUT2D eigenvalue weighted by molar-refractivity contribution is 5.98. The molecule has 0 aliphatic rings. The first-order valence-electron chi connectivity index (χ1n) is 9.67. The second-order valence-corrected chi connectivity index (χ2v) is 7.49. The highest BCUT2D eigenvalue weighted by atomic mass is 16.6. The number of aryl methyl sites for hydroxylation is 2. The van der Waals surface area contributed by atoms with Gasteiger partial charge in [0, 0.05) is 11.6 Å². The Morgan fingerprint density at radius 2 is 1.65 bits per heavy atom. The van der Waals surface area contributed by atoms with Crippen LogP contribution in [0.1, 0.15) is 35.3 Å². The molecule has 0 aliphatic carbocycles. The van der Waals surface area contributed by atoms with Gasteiger partial charge in [-0.25, -0.2) is 4.79 Å². The third-order valence-electron chi connectivity index (χ3n) is 4.49. The summed E-state index contributed by atoms with van der Waals surface area (Å²) in [5.41, 5.74) is 1.81. The molecule has 0 unspecified atom stereocenters. The van der Waals surface area contributed by atoms with Crippen molar-refractivity contribution in [2.75, 3.05) is 11.9 Å². The molecule has 2 N–H and O–H groups in total. The second-order valence-electron chi connectivity index (χ2n) is 7.49. The van der Waals surface area contributed by atoms with Crippen molar-refractivity contribution in [3.05, 3.63) is 69.3 Å². The van der Waals surface area contributed by atoms with Crippen molar-refractivity contribution in [2.45, 2.75) is 33.7 Å². The molecule has 0 radical (unpaired) electrons. The summed E-state index contributed by atoms with van der Waals surface area (Å²) in [7, 11) is 0. The number of nitrogens with one attached hydrogen (secondary N) is 2. The molecular weight excluding hydrogens is 402 g/mol. The Bertz CT molecular complexity index is 985. The van der Waals surface area contributed by atoms with Crippen LogP contribution in [0.5, 0.6) is 0 Å². The highest BCUT2D eigenvalue weighted by Crippen LogP contribution is 2.25. The Balaban J connectivity index is 1.98. The minimum absolute atomic E-state index is 0.00438. The smallest absolute Gasteiger partial charge is 0.329 e. The topological polar surface area (TPSA) is 128 Å². The molecule has 2 rings (SSSR count). The summed E-state index contributed by atoms with van der Waals surface area (Å²) in [5, 5.41) is 16.1. The van der Waals surface area contributed by atoms with Crippen molar-refractivity contribution in [3.8, 4) is 0 Å². The van der Waals surface area contributed by atoms with Gasteiger partial charge in [-0.05, 0) is 43.5 Å². The fraction of sp³-hybridized carbons (Fsp3) is 0.318. The van der Waals surface area contributed by atoms with Crippen LogP contribution in [0, 0.1) is 29.9 Å². The molecule has 0 saturated heterocycles. The SMILES string of the molecule is Cc1ccc(C(=O)N[C@H](C(=O)OCC(=O)Nc2ccc(C)cc2[N+](=O)[O-])C(C)C)cc1. The van der Waals surface area contributed by atoms with Crippen LogP contribution in [-0.4, -0.2) is 35.4 Å². The molecule has 0 spiro atoms. The first-order chi connectivity index (χ1) is 14.6. The summed E-state index contributed by atoms with van der Waals surface area (Å²) in [6.45, 7) is 6.41. The summed E-state index contributed by atoms with van der Waals surface area (Å²) < 4.78 is 5.04. The number of nitro groups is 1. The van der Waals surface area contributed by atoms with Gasteiger partial charge in [0.05, 0.1) is 4.92 Å². The van der Waals surface area contributed by atoms with Crippen LogP contribution in [0.2, 0.25) is 0 Å².